The smallest absolute Gasteiger partial charge is 0.244 e. The third-order valence-electron chi connectivity index (χ3n) is 3.14. The zero-order valence-corrected chi connectivity index (χ0v) is 13.9. The molecule has 1 aromatic carbocycles. The standard InChI is InChI=1S/C16H24N2O2S/c1-11-14(17-9-10-20-11)15(19)18-12-5-7-13(8-6-12)21-16(2,3)4/h5-8,11,14,17H,9-10H2,1-4H3,(H,18,19)/t11-,14+/m1/s1. The van der Waals surface area contributed by atoms with E-state index in [1.54, 1.807) is 0 Å². The van der Waals surface area contributed by atoms with Crippen LogP contribution in [0.25, 0.3) is 0 Å². The molecule has 2 N–H and O–H groups in total. The zero-order valence-electron chi connectivity index (χ0n) is 13.1. The molecule has 21 heavy (non-hydrogen) atoms. The van der Waals surface area contributed by atoms with Crippen LogP contribution in [0.3, 0.4) is 0 Å². The minimum Gasteiger partial charge on any atom is -0.375 e. The van der Waals surface area contributed by atoms with Gasteiger partial charge in [-0.1, -0.05) is 20.8 Å². The summed E-state index contributed by atoms with van der Waals surface area (Å²) in [4.78, 5) is 13.4. The van der Waals surface area contributed by atoms with Crippen LogP contribution in [0, 0.1) is 0 Å². The Morgan fingerprint density at radius 2 is 2.00 bits per heavy atom. The highest BCUT2D eigenvalue weighted by Gasteiger charge is 2.28. The van der Waals surface area contributed by atoms with Crippen LogP contribution in [-0.2, 0) is 9.53 Å². The van der Waals surface area contributed by atoms with Crippen LogP contribution in [0.1, 0.15) is 27.7 Å². The van der Waals surface area contributed by atoms with Crippen LogP contribution in [-0.4, -0.2) is 36.0 Å². The first-order valence-corrected chi connectivity index (χ1v) is 8.12. The molecule has 1 aliphatic heterocycles. The Morgan fingerprint density at radius 1 is 1.33 bits per heavy atom. The van der Waals surface area contributed by atoms with E-state index in [0.29, 0.717) is 13.2 Å². The van der Waals surface area contributed by atoms with Crippen molar-refractivity contribution in [1.82, 2.24) is 5.32 Å². The van der Waals surface area contributed by atoms with Crippen LogP contribution >= 0.6 is 11.8 Å². The zero-order chi connectivity index (χ0) is 15.5. The van der Waals surface area contributed by atoms with Crippen molar-refractivity contribution >= 4 is 23.4 Å². The number of hydrogen-bond acceptors (Lipinski definition) is 4. The molecular weight excluding hydrogens is 284 g/mol. The molecule has 1 aliphatic rings. The van der Waals surface area contributed by atoms with Crippen LogP contribution < -0.4 is 10.6 Å². The van der Waals surface area contributed by atoms with Crippen molar-refractivity contribution in [2.45, 2.75) is 49.5 Å². The summed E-state index contributed by atoms with van der Waals surface area (Å²) in [5, 5.41) is 6.13. The lowest BCUT2D eigenvalue weighted by atomic mass is 10.1. The Balaban J connectivity index is 1.95. The van der Waals surface area contributed by atoms with E-state index in [-0.39, 0.29) is 22.8 Å². The highest BCUT2D eigenvalue weighted by molar-refractivity contribution is 8.00. The number of thioether (sulfide) groups is 1. The highest BCUT2D eigenvalue weighted by atomic mass is 32.2. The lowest BCUT2D eigenvalue weighted by Gasteiger charge is -2.29. The van der Waals surface area contributed by atoms with Gasteiger partial charge in [0, 0.05) is 21.9 Å². The number of amides is 1. The molecule has 4 nitrogen and oxygen atoms in total. The van der Waals surface area contributed by atoms with Gasteiger partial charge >= 0.3 is 0 Å². The minimum atomic E-state index is -0.289. The molecule has 1 aromatic rings. The van der Waals surface area contributed by atoms with Gasteiger partial charge in [0.25, 0.3) is 0 Å². The first-order valence-electron chi connectivity index (χ1n) is 7.30. The van der Waals surface area contributed by atoms with E-state index in [9.17, 15) is 4.79 Å². The van der Waals surface area contributed by atoms with Crippen LogP contribution in [0.15, 0.2) is 29.2 Å². The van der Waals surface area contributed by atoms with Crippen molar-refractivity contribution in [2.75, 3.05) is 18.5 Å². The first-order chi connectivity index (χ1) is 9.85. The number of anilines is 1. The highest BCUT2D eigenvalue weighted by Crippen LogP contribution is 2.32. The van der Waals surface area contributed by atoms with Gasteiger partial charge in [0.05, 0.1) is 12.7 Å². The predicted octanol–water partition coefficient (Wildman–Crippen LogP) is 2.89. The van der Waals surface area contributed by atoms with Crippen LogP contribution in [0.5, 0.6) is 0 Å². The van der Waals surface area contributed by atoms with E-state index in [2.05, 4.69) is 31.4 Å². The molecule has 1 amide bonds. The van der Waals surface area contributed by atoms with Crippen molar-refractivity contribution in [3.05, 3.63) is 24.3 Å². The number of carbonyl (C=O) groups excluding carboxylic acids is 1. The van der Waals surface area contributed by atoms with Gasteiger partial charge in [-0.15, -0.1) is 11.8 Å². The number of ether oxygens (including phenoxy) is 1. The Morgan fingerprint density at radius 3 is 2.57 bits per heavy atom. The summed E-state index contributed by atoms with van der Waals surface area (Å²) in [6.45, 7) is 9.84. The molecule has 0 saturated carbocycles. The fraction of sp³-hybridized carbons (Fsp3) is 0.562. The molecule has 0 spiro atoms. The average Bonchev–Trinajstić information content (AvgIpc) is 2.40. The van der Waals surface area contributed by atoms with Gasteiger partial charge in [0.15, 0.2) is 0 Å². The number of carbonyl (C=O) groups is 1. The summed E-state index contributed by atoms with van der Waals surface area (Å²) >= 11 is 1.81. The molecule has 5 heteroatoms. The summed E-state index contributed by atoms with van der Waals surface area (Å²) in [6, 6.07) is 7.68. The lowest BCUT2D eigenvalue weighted by Crippen LogP contribution is -2.53. The van der Waals surface area contributed by atoms with Gasteiger partial charge in [-0.2, -0.15) is 0 Å². The Bertz CT molecular complexity index is 482. The molecule has 1 heterocycles. The predicted molar refractivity (Wildman–Crippen MR) is 87.9 cm³/mol. The largest absolute Gasteiger partial charge is 0.375 e. The molecular formula is C16H24N2O2S. The van der Waals surface area contributed by atoms with Gasteiger partial charge in [-0.3, -0.25) is 4.79 Å². The van der Waals surface area contributed by atoms with Crippen molar-refractivity contribution in [2.24, 2.45) is 0 Å². The number of morpholine rings is 1. The molecule has 0 aliphatic carbocycles. The van der Waals surface area contributed by atoms with Gasteiger partial charge in [-0.05, 0) is 31.2 Å². The SMILES string of the molecule is C[C@H]1OCCN[C@@H]1C(=O)Nc1ccc(SC(C)(C)C)cc1. The maximum Gasteiger partial charge on any atom is 0.244 e. The Hall–Kier alpha value is -1.04. The quantitative estimate of drug-likeness (QED) is 0.843. The summed E-state index contributed by atoms with van der Waals surface area (Å²) in [5.74, 6) is -0.0431. The monoisotopic (exact) mass is 308 g/mol. The molecule has 116 valence electrons. The number of rotatable bonds is 3. The number of benzene rings is 1. The van der Waals surface area contributed by atoms with E-state index in [4.69, 9.17) is 4.74 Å². The summed E-state index contributed by atoms with van der Waals surface area (Å²) in [7, 11) is 0. The van der Waals surface area contributed by atoms with Gasteiger partial charge < -0.3 is 15.4 Å². The van der Waals surface area contributed by atoms with Crippen molar-refractivity contribution in [1.29, 1.82) is 0 Å². The second-order valence-corrected chi connectivity index (χ2v) is 8.14. The van der Waals surface area contributed by atoms with E-state index in [1.807, 2.05) is 43.0 Å². The topological polar surface area (TPSA) is 50.4 Å². The second-order valence-electron chi connectivity index (χ2n) is 6.24. The fourth-order valence-electron chi connectivity index (χ4n) is 2.21. The van der Waals surface area contributed by atoms with E-state index >= 15 is 0 Å². The fourth-order valence-corrected chi connectivity index (χ4v) is 3.19. The van der Waals surface area contributed by atoms with Crippen molar-refractivity contribution in [3.63, 3.8) is 0 Å². The van der Waals surface area contributed by atoms with Crippen LogP contribution in [0.4, 0.5) is 5.69 Å². The van der Waals surface area contributed by atoms with Gasteiger partial charge in [0.1, 0.15) is 6.04 Å². The summed E-state index contributed by atoms with van der Waals surface area (Å²) in [6.07, 6.45) is -0.102. The second kappa shape index (κ2) is 6.81. The van der Waals surface area contributed by atoms with Crippen LogP contribution in [0.2, 0.25) is 0 Å². The molecule has 0 unspecified atom stereocenters. The number of hydrogen-bond donors (Lipinski definition) is 2. The maximum atomic E-state index is 12.2. The third kappa shape index (κ3) is 5.02. The van der Waals surface area contributed by atoms with Gasteiger partial charge in [0.2, 0.25) is 5.91 Å². The van der Waals surface area contributed by atoms with Crippen molar-refractivity contribution < 1.29 is 9.53 Å². The van der Waals surface area contributed by atoms with E-state index in [1.165, 1.54) is 4.90 Å². The molecule has 0 bridgehead atoms. The Kier molecular flexibility index (Phi) is 5.30. The summed E-state index contributed by atoms with van der Waals surface area (Å²) < 4.78 is 5.68. The molecule has 2 rings (SSSR count). The molecule has 1 saturated heterocycles. The molecule has 2 atom stereocenters. The number of nitrogens with one attached hydrogen (secondary N) is 2. The minimum absolute atomic E-state index is 0.0431. The van der Waals surface area contributed by atoms with E-state index in [0.717, 1.165) is 5.69 Å². The average molecular weight is 308 g/mol. The van der Waals surface area contributed by atoms with E-state index < -0.39 is 0 Å². The maximum absolute atomic E-state index is 12.2. The van der Waals surface area contributed by atoms with Crippen molar-refractivity contribution in [3.8, 4) is 0 Å². The molecule has 1 fully saturated rings. The molecule has 0 aromatic heterocycles. The molecule has 0 radical (unpaired) electrons. The lowest BCUT2D eigenvalue weighted by molar-refractivity contribution is -0.123. The normalized spacial score (nSPS) is 22.9. The summed E-state index contributed by atoms with van der Waals surface area (Å²) in [5.41, 5.74) is 0.817. The first kappa shape index (κ1) is 16.3. The van der Waals surface area contributed by atoms with Gasteiger partial charge in [-0.25, -0.2) is 0 Å². The third-order valence-corrected chi connectivity index (χ3v) is 4.27. The Labute approximate surface area is 131 Å².